The predicted molar refractivity (Wildman–Crippen MR) is 82.9 cm³/mol. The molecule has 0 bridgehead atoms. The number of carboxylic acids is 1. The van der Waals surface area contributed by atoms with Crippen molar-refractivity contribution in [2.24, 2.45) is 11.3 Å². The van der Waals surface area contributed by atoms with Crippen LogP contribution in [0.2, 0.25) is 0 Å². The normalized spacial score (nSPS) is 23.9. The maximum absolute atomic E-state index is 12.6. The summed E-state index contributed by atoms with van der Waals surface area (Å²) in [6.45, 7) is 3.99. The Hall–Kier alpha value is -1.92. The lowest BCUT2D eigenvalue weighted by Gasteiger charge is -2.49. The smallest absolute Gasteiger partial charge is 0.358 e. The molecule has 1 spiro atoms. The van der Waals surface area contributed by atoms with Crippen molar-refractivity contribution < 1.29 is 14.7 Å². The van der Waals surface area contributed by atoms with Crippen LogP contribution in [-0.4, -0.2) is 50.0 Å². The fourth-order valence-corrected chi connectivity index (χ4v) is 4.10. The minimum atomic E-state index is -1.13. The van der Waals surface area contributed by atoms with E-state index in [1.54, 1.807) is 0 Å². The molecule has 3 rings (SSSR count). The first-order valence-electron chi connectivity index (χ1n) is 8.41. The molecule has 1 atom stereocenters. The Morgan fingerprint density at radius 2 is 2.09 bits per heavy atom. The third kappa shape index (κ3) is 3.23. The lowest BCUT2D eigenvalue weighted by molar-refractivity contribution is -0.138. The molecule has 1 unspecified atom stereocenters. The van der Waals surface area contributed by atoms with Crippen LogP contribution in [0.3, 0.4) is 0 Å². The molecule has 1 aliphatic carbocycles. The Labute approximate surface area is 135 Å². The van der Waals surface area contributed by atoms with Crippen molar-refractivity contribution in [1.82, 2.24) is 19.9 Å². The molecule has 23 heavy (non-hydrogen) atoms. The van der Waals surface area contributed by atoms with E-state index in [-0.39, 0.29) is 23.6 Å². The summed E-state index contributed by atoms with van der Waals surface area (Å²) in [4.78, 5) is 25.3. The molecule has 1 aromatic rings. The number of aromatic nitrogens is 3. The summed E-state index contributed by atoms with van der Waals surface area (Å²) in [5, 5.41) is 16.1. The van der Waals surface area contributed by atoms with Gasteiger partial charge in [0.2, 0.25) is 5.91 Å². The molecule has 2 heterocycles. The van der Waals surface area contributed by atoms with E-state index in [1.807, 2.05) is 4.90 Å². The zero-order valence-corrected chi connectivity index (χ0v) is 13.6. The molecule has 1 saturated heterocycles. The average Bonchev–Trinajstić information content (AvgIpc) is 3.00. The van der Waals surface area contributed by atoms with Crippen molar-refractivity contribution in [3.63, 3.8) is 0 Å². The number of hydrogen-bond acceptors (Lipinski definition) is 4. The molecule has 1 saturated carbocycles. The fraction of sp³-hybridized carbons (Fsp3) is 0.750. The van der Waals surface area contributed by atoms with Crippen molar-refractivity contribution in [3.8, 4) is 0 Å². The molecule has 1 amide bonds. The van der Waals surface area contributed by atoms with E-state index in [2.05, 4.69) is 17.2 Å². The van der Waals surface area contributed by atoms with Crippen molar-refractivity contribution in [2.45, 2.75) is 52.0 Å². The number of nitrogens with zero attached hydrogens (tertiary/aromatic N) is 4. The lowest BCUT2D eigenvalue weighted by Crippen LogP contribution is -2.51. The standard InChI is InChI=1S/C16H24N4O3/c1-12-5-8-19(11-16(12)6-3-2-4-7-16)14(21)10-20-9-13(15(22)23)17-18-20/h9,12H,2-8,10-11H2,1H3,(H,22,23). The van der Waals surface area contributed by atoms with Crippen LogP contribution >= 0.6 is 0 Å². The van der Waals surface area contributed by atoms with E-state index in [0.29, 0.717) is 5.92 Å². The quantitative estimate of drug-likeness (QED) is 0.917. The van der Waals surface area contributed by atoms with Crippen LogP contribution in [0.4, 0.5) is 0 Å². The van der Waals surface area contributed by atoms with Crippen molar-refractivity contribution in [3.05, 3.63) is 11.9 Å². The molecule has 1 aromatic heterocycles. The highest BCUT2D eigenvalue weighted by Gasteiger charge is 2.42. The van der Waals surface area contributed by atoms with Gasteiger partial charge in [0, 0.05) is 13.1 Å². The second kappa shape index (κ2) is 6.29. The van der Waals surface area contributed by atoms with Gasteiger partial charge in [0.1, 0.15) is 6.54 Å². The van der Waals surface area contributed by atoms with Gasteiger partial charge in [0.15, 0.2) is 5.69 Å². The van der Waals surface area contributed by atoms with Crippen LogP contribution in [0, 0.1) is 11.3 Å². The van der Waals surface area contributed by atoms with Crippen LogP contribution in [0.1, 0.15) is 55.9 Å². The number of carboxylic acid groups (broad SMARTS) is 1. The summed E-state index contributed by atoms with van der Waals surface area (Å²) in [7, 11) is 0. The van der Waals surface area contributed by atoms with E-state index < -0.39 is 5.97 Å². The van der Waals surface area contributed by atoms with E-state index in [1.165, 1.54) is 43.0 Å². The van der Waals surface area contributed by atoms with Gasteiger partial charge in [-0.05, 0) is 30.6 Å². The Morgan fingerprint density at radius 1 is 1.35 bits per heavy atom. The van der Waals surface area contributed by atoms with E-state index >= 15 is 0 Å². The van der Waals surface area contributed by atoms with Gasteiger partial charge in [0.25, 0.3) is 0 Å². The molecule has 0 aromatic carbocycles. The van der Waals surface area contributed by atoms with Gasteiger partial charge in [-0.1, -0.05) is 31.4 Å². The van der Waals surface area contributed by atoms with Gasteiger partial charge in [-0.2, -0.15) is 0 Å². The average molecular weight is 320 g/mol. The molecular formula is C16H24N4O3. The first kappa shape index (κ1) is 16.0. The lowest BCUT2D eigenvalue weighted by atomic mass is 9.63. The molecule has 7 nitrogen and oxygen atoms in total. The maximum Gasteiger partial charge on any atom is 0.358 e. The molecular weight excluding hydrogens is 296 g/mol. The van der Waals surface area contributed by atoms with Crippen molar-refractivity contribution in [1.29, 1.82) is 0 Å². The maximum atomic E-state index is 12.6. The van der Waals surface area contributed by atoms with Crippen LogP contribution in [-0.2, 0) is 11.3 Å². The zero-order chi connectivity index (χ0) is 16.4. The van der Waals surface area contributed by atoms with Gasteiger partial charge in [-0.15, -0.1) is 5.10 Å². The number of amides is 1. The van der Waals surface area contributed by atoms with E-state index in [4.69, 9.17) is 5.11 Å². The Bertz CT molecular complexity index is 592. The van der Waals surface area contributed by atoms with Crippen LogP contribution in [0.5, 0.6) is 0 Å². The largest absolute Gasteiger partial charge is 0.476 e. The first-order chi connectivity index (χ1) is 11.0. The topological polar surface area (TPSA) is 88.3 Å². The number of carbonyl (C=O) groups excluding carboxylic acids is 1. The third-order valence-electron chi connectivity index (χ3n) is 5.64. The van der Waals surface area contributed by atoms with Crippen LogP contribution in [0.25, 0.3) is 0 Å². The SMILES string of the molecule is CC1CCN(C(=O)Cn2cc(C(=O)O)nn2)CC12CCCCC2. The molecule has 1 N–H and O–H groups in total. The minimum absolute atomic E-state index is 0.00341. The summed E-state index contributed by atoms with van der Waals surface area (Å²) >= 11 is 0. The highest BCUT2D eigenvalue weighted by molar-refractivity contribution is 5.84. The van der Waals surface area contributed by atoms with Gasteiger partial charge in [0.05, 0.1) is 6.20 Å². The molecule has 2 fully saturated rings. The minimum Gasteiger partial charge on any atom is -0.476 e. The van der Waals surface area contributed by atoms with Crippen molar-refractivity contribution >= 4 is 11.9 Å². The van der Waals surface area contributed by atoms with Gasteiger partial charge < -0.3 is 10.0 Å². The summed E-state index contributed by atoms with van der Waals surface area (Å²) in [6, 6.07) is 0. The number of hydrogen-bond donors (Lipinski definition) is 1. The summed E-state index contributed by atoms with van der Waals surface area (Å²) in [5.41, 5.74) is 0.148. The summed E-state index contributed by atoms with van der Waals surface area (Å²) in [5.74, 6) is -0.461. The highest BCUT2D eigenvalue weighted by Crippen LogP contribution is 2.46. The summed E-state index contributed by atoms with van der Waals surface area (Å²) in [6.07, 6.45) is 8.61. The predicted octanol–water partition coefficient (Wildman–Crippen LogP) is 1.80. The molecule has 7 heteroatoms. The number of likely N-dealkylation sites (tertiary alicyclic amines) is 1. The van der Waals surface area contributed by atoms with Crippen molar-refractivity contribution in [2.75, 3.05) is 13.1 Å². The number of rotatable bonds is 3. The van der Waals surface area contributed by atoms with Crippen LogP contribution in [0.15, 0.2) is 6.20 Å². The third-order valence-corrected chi connectivity index (χ3v) is 5.64. The molecule has 2 aliphatic rings. The molecule has 126 valence electrons. The second-order valence-corrected chi connectivity index (χ2v) is 7.03. The first-order valence-corrected chi connectivity index (χ1v) is 8.41. The zero-order valence-electron chi connectivity index (χ0n) is 13.6. The monoisotopic (exact) mass is 320 g/mol. The van der Waals surface area contributed by atoms with Gasteiger partial charge >= 0.3 is 5.97 Å². The Morgan fingerprint density at radius 3 is 2.74 bits per heavy atom. The highest BCUT2D eigenvalue weighted by atomic mass is 16.4. The fourth-order valence-electron chi connectivity index (χ4n) is 4.10. The van der Waals surface area contributed by atoms with Crippen LogP contribution < -0.4 is 0 Å². The Balaban J connectivity index is 1.66. The van der Waals surface area contributed by atoms with E-state index in [9.17, 15) is 9.59 Å². The molecule has 1 aliphatic heterocycles. The number of carbonyl (C=O) groups is 2. The van der Waals surface area contributed by atoms with E-state index in [0.717, 1.165) is 19.5 Å². The Kier molecular flexibility index (Phi) is 4.37. The molecule has 0 radical (unpaired) electrons. The second-order valence-electron chi connectivity index (χ2n) is 7.03. The number of piperidine rings is 1. The number of aromatic carboxylic acids is 1. The van der Waals surface area contributed by atoms with Gasteiger partial charge in [-0.25, -0.2) is 9.48 Å². The summed E-state index contributed by atoms with van der Waals surface area (Å²) < 4.78 is 1.32. The van der Waals surface area contributed by atoms with Gasteiger partial charge in [-0.3, -0.25) is 4.79 Å².